The number of hydrogen-bond donors (Lipinski definition) is 1. The van der Waals surface area contributed by atoms with Crippen molar-refractivity contribution < 1.29 is 4.79 Å². The van der Waals surface area contributed by atoms with E-state index in [1.54, 1.807) is 29.3 Å². The minimum Gasteiger partial charge on any atom is -0.334 e. The standard InChI is InChI=1S/C18H22N6O2/c1-22-13(7-8-20-22)5-6-16(25)23-10-3-2-4-15(23)14-12-17(26)24-11-9-19-18(24)21-14/h7-9,11-12,15H,2-6,10H2,1H3,(H,19,21)/t15-/m1/s1. The number of rotatable bonds is 4. The van der Waals surface area contributed by atoms with Gasteiger partial charge in [0.2, 0.25) is 11.7 Å². The fourth-order valence-corrected chi connectivity index (χ4v) is 3.70. The number of carbonyl (C=O) groups is 1. The smallest absolute Gasteiger partial charge is 0.259 e. The lowest BCUT2D eigenvalue weighted by atomic mass is 9.98. The van der Waals surface area contributed by atoms with Gasteiger partial charge in [0.1, 0.15) is 0 Å². The Morgan fingerprint density at radius 2 is 2.23 bits per heavy atom. The third kappa shape index (κ3) is 3.02. The van der Waals surface area contributed by atoms with Crippen LogP contribution in [0, 0.1) is 0 Å². The first-order chi connectivity index (χ1) is 12.6. The van der Waals surface area contributed by atoms with Crippen molar-refractivity contribution in [3.8, 4) is 0 Å². The Hall–Kier alpha value is -2.90. The van der Waals surface area contributed by atoms with Crippen LogP contribution in [-0.4, -0.2) is 41.5 Å². The van der Waals surface area contributed by atoms with Crippen molar-refractivity contribution >= 4 is 11.7 Å². The molecule has 0 radical (unpaired) electrons. The monoisotopic (exact) mass is 354 g/mol. The summed E-state index contributed by atoms with van der Waals surface area (Å²) in [7, 11) is 1.88. The van der Waals surface area contributed by atoms with Crippen molar-refractivity contribution in [3.05, 3.63) is 52.5 Å². The van der Waals surface area contributed by atoms with E-state index in [0.29, 0.717) is 18.6 Å². The first kappa shape index (κ1) is 16.6. The molecule has 1 aliphatic heterocycles. The molecule has 4 rings (SSSR count). The largest absolute Gasteiger partial charge is 0.334 e. The summed E-state index contributed by atoms with van der Waals surface area (Å²) in [6.07, 6.45) is 8.95. The molecule has 1 N–H and O–H groups in total. The number of likely N-dealkylation sites (tertiary alicyclic amines) is 1. The zero-order valence-corrected chi connectivity index (χ0v) is 14.8. The lowest BCUT2D eigenvalue weighted by Crippen LogP contribution is -2.39. The number of nitrogens with zero attached hydrogens (tertiary/aromatic N) is 5. The van der Waals surface area contributed by atoms with E-state index in [0.717, 1.165) is 37.2 Å². The Labute approximate surface area is 150 Å². The summed E-state index contributed by atoms with van der Waals surface area (Å²) in [6.45, 7) is 0.719. The van der Waals surface area contributed by atoms with Gasteiger partial charge in [-0.3, -0.25) is 18.7 Å². The summed E-state index contributed by atoms with van der Waals surface area (Å²) in [5, 5.41) is 4.15. The van der Waals surface area contributed by atoms with E-state index in [2.05, 4.69) is 15.1 Å². The number of carbonyl (C=O) groups excluding carboxylic acids is 1. The van der Waals surface area contributed by atoms with Crippen LogP contribution in [0.4, 0.5) is 0 Å². The first-order valence-corrected chi connectivity index (χ1v) is 8.96. The van der Waals surface area contributed by atoms with Crippen molar-refractivity contribution in [2.24, 2.45) is 7.05 Å². The van der Waals surface area contributed by atoms with Gasteiger partial charge < -0.3 is 9.88 Å². The Morgan fingerprint density at radius 3 is 3.04 bits per heavy atom. The first-order valence-electron chi connectivity index (χ1n) is 8.96. The van der Waals surface area contributed by atoms with Crippen molar-refractivity contribution in [2.75, 3.05) is 6.54 Å². The van der Waals surface area contributed by atoms with Crippen LogP contribution in [0.5, 0.6) is 0 Å². The Bertz CT molecular complexity index is 985. The molecule has 4 heterocycles. The van der Waals surface area contributed by atoms with Gasteiger partial charge in [0, 0.05) is 56.1 Å². The number of aromatic amines is 1. The van der Waals surface area contributed by atoms with E-state index in [4.69, 9.17) is 0 Å². The second-order valence-electron chi connectivity index (χ2n) is 6.73. The van der Waals surface area contributed by atoms with Gasteiger partial charge in [-0.25, -0.2) is 4.98 Å². The zero-order valence-electron chi connectivity index (χ0n) is 14.8. The van der Waals surface area contributed by atoms with Crippen LogP contribution >= 0.6 is 0 Å². The number of fused-ring (bicyclic) bond motifs is 1. The number of H-pyrrole nitrogens is 1. The van der Waals surface area contributed by atoms with Crippen LogP contribution in [-0.2, 0) is 18.3 Å². The molecule has 3 aromatic rings. The second-order valence-corrected chi connectivity index (χ2v) is 6.73. The second kappa shape index (κ2) is 6.78. The van der Waals surface area contributed by atoms with Crippen LogP contribution in [0.3, 0.4) is 0 Å². The molecule has 1 atom stereocenters. The topological polar surface area (TPSA) is 88.3 Å². The third-order valence-electron chi connectivity index (χ3n) is 5.11. The zero-order chi connectivity index (χ0) is 18.1. The molecule has 1 saturated heterocycles. The molecular weight excluding hydrogens is 332 g/mol. The quantitative estimate of drug-likeness (QED) is 0.768. The van der Waals surface area contributed by atoms with Gasteiger partial charge in [0.25, 0.3) is 5.56 Å². The third-order valence-corrected chi connectivity index (χ3v) is 5.11. The summed E-state index contributed by atoms with van der Waals surface area (Å²) in [5.74, 6) is 0.625. The number of amides is 1. The van der Waals surface area contributed by atoms with Gasteiger partial charge in [-0.15, -0.1) is 0 Å². The van der Waals surface area contributed by atoms with Crippen LogP contribution < -0.4 is 5.56 Å². The Kier molecular flexibility index (Phi) is 4.32. The van der Waals surface area contributed by atoms with E-state index >= 15 is 0 Å². The number of nitrogens with one attached hydrogen (secondary N) is 1. The molecule has 1 fully saturated rings. The van der Waals surface area contributed by atoms with Crippen molar-refractivity contribution in [3.63, 3.8) is 0 Å². The number of aromatic nitrogens is 5. The maximum absolute atomic E-state index is 12.9. The summed E-state index contributed by atoms with van der Waals surface area (Å²) in [6, 6.07) is 3.42. The molecule has 0 aromatic carbocycles. The van der Waals surface area contributed by atoms with Gasteiger partial charge in [-0.2, -0.15) is 5.10 Å². The molecule has 0 bridgehead atoms. The SMILES string of the molecule is Cn1nccc1CCC(=O)N1CCCC[C@@H]1c1cc(=O)n2ccnc2[nH]1. The minimum atomic E-state index is -0.126. The molecule has 26 heavy (non-hydrogen) atoms. The van der Waals surface area contributed by atoms with Crippen LogP contribution in [0.1, 0.15) is 43.1 Å². The van der Waals surface area contributed by atoms with Gasteiger partial charge in [0.15, 0.2) is 0 Å². The van der Waals surface area contributed by atoms with Crippen molar-refractivity contribution in [2.45, 2.75) is 38.1 Å². The average molecular weight is 354 g/mol. The van der Waals surface area contributed by atoms with Gasteiger partial charge in [-0.05, 0) is 31.7 Å². The van der Waals surface area contributed by atoms with Crippen molar-refractivity contribution in [1.29, 1.82) is 0 Å². The summed E-state index contributed by atoms with van der Waals surface area (Å²) in [4.78, 5) is 34.5. The lowest BCUT2D eigenvalue weighted by Gasteiger charge is -2.35. The van der Waals surface area contributed by atoms with Crippen LogP contribution in [0.25, 0.3) is 5.78 Å². The van der Waals surface area contributed by atoms with Crippen molar-refractivity contribution in [1.82, 2.24) is 29.0 Å². The Balaban J connectivity index is 1.56. The molecule has 8 nitrogen and oxygen atoms in total. The highest BCUT2D eigenvalue weighted by Gasteiger charge is 2.29. The molecule has 8 heteroatoms. The molecule has 1 amide bonds. The molecular formula is C18H22N6O2. The molecule has 0 aliphatic carbocycles. The fraction of sp³-hybridized carbons (Fsp3) is 0.444. The molecule has 0 unspecified atom stereocenters. The molecule has 3 aromatic heterocycles. The number of aryl methyl sites for hydroxylation is 2. The minimum absolute atomic E-state index is 0.0998. The highest BCUT2D eigenvalue weighted by atomic mass is 16.2. The number of imidazole rings is 1. The van der Waals surface area contributed by atoms with E-state index < -0.39 is 0 Å². The normalized spacial score (nSPS) is 17.7. The van der Waals surface area contributed by atoms with Crippen LogP contribution in [0.2, 0.25) is 0 Å². The summed E-state index contributed by atoms with van der Waals surface area (Å²) >= 11 is 0. The summed E-state index contributed by atoms with van der Waals surface area (Å²) < 4.78 is 3.27. The Morgan fingerprint density at radius 1 is 1.35 bits per heavy atom. The van der Waals surface area contributed by atoms with E-state index in [-0.39, 0.29) is 17.5 Å². The van der Waals surface area contributed by atoms with Gasteiger partial charge >= 0.3 is 0 Å². The predicted octanol–water partition coefficient (Wildman–Crippen LogP) is 1.44. The van der Waals surface area contributed by atoms with E-state index in [9.17, 15) is 9.59 Å². The van der Waals surface area contributed by atoms with Crippen LogP contribution in [0.15, 0.2) is 35.5 Å². The molecule has 136 valence electrons. The van der Waals surface area contributed by atoms with E-state index in [1.165, 1.54) is 4.40 Å². The molecule has 1 aliphatic rings. The highest BCUT2D eigenvalue weighted by Crippen LogP contribution is 2.30. The van der Waals surface area contributed by atoms with E-state index in [1.807, 2.05) is 18.0 Å². The maximum atomic E-state index is 12.9. The highest BCUT2D eigenvalue weighted by molar-refractivity contribution is 5.77. The fourth-order valence-electron chi connectivity index (χ4n) is 3.70. The molecule has 0 spiro atoms. The lowest BCUT2D eigenvalue weighted by molar-refractivity contribution is -0.135. The summed E-state index contributed by atoms with van der Waals surface area (Å²) in [5.41, 5.74) is 1.68. The van der Waals surface area contributed by atoms with Gasteiger partial charge in [-0.1, -0.05) is 0 Å². The number of hydrogen-bond acceptors (Lipinski definition) is 4. The number of piperidine rings is 1. The van der Waals surface area contributed by atoms with Gasteiger partial charge in [0.05, 0.1) is 6.04 Å². The molecule has 0 saturated carbocycles. The average Bonchev–Trinajstić information content (AvgIpc) is 3.28. The maximum Gasteiger partial charge on any atom is 0.259 e. The predicted molar refractivity (Wildman–Crippen MR) is 95.6 cm³/mol.